The van der Waals surface area contributed by atoms with Crippen LogP contribution in [0.3, 0.4) is 0 Å². The van der Waals surface area contributed by atoms with Crippen LogP contribution < -0.4 is 10.1 Å². The second-order valence-corrected chi connectivity index (χ2v) is 5.93. The molecule has 0 fully saturated rings. The summed E-state index contributed by atoms with van der Waals surface area (Å²) in [4.78, 5) is 25.8. The Morgan fingerprint density at radius 2 is 2.12 bits per heavy atom. The number of nitrogens with zero attached hydrogens (tertiary/aromatic N) is 1. The van der Waals surface area contributed by atoms with E-state index < -0.39 is 0 Å². The number of hydrogen-bond donors (Lipinski definition) is 1. The molecule has 0 atom stereocenters. The molecule has 0 unspecified atom stereocenters. The Labute approximate surface area is 145 Å². The fourth-order valence-electron chi connectivity index (χ4n) is 2.57. The van der Waals surface area contributed by atoms with Gasteiger partial charge in [0.2, 0.25) is 0 Å². The average molecular weight is 345 g/mol. The molecule has 3 rings (SSSR count). The lowest BCUT2D eigenvalue weighted by atomic mass is 10.1. The van der Waals surface area contributed by atoms with Crippen LogP contribution >= 0.6 is 11.6 Å². The first-order chi connectivity index (χ1) is 11.6. The van der Waals surface area contributed by atoms with Crippen molar-refractivity contribution in [2.45, 2.75) is 13.5 Å². The molecule has 0 spiro atoms. The summed E-state index contributed by atoms with van der Waals surface area (Å²) < 4.78 is 5.37. The van der Waals surface area contributed by atoms with E-state index in [1.165, 1.54) is 0 Å². The van der Waals surface area contributed by atoms with E-state index in [2.05, 4.69) is 5.32 Å². The van der Waals surface area contributed by atoms with E-state index in [1.807, 2.05) is 25.1 Å². The first kappa shape index (κ1) is 16.3. The number of fused-ring (bicyclic) bond motifs is 1. The Hall–Kier alpha value is -2.53. The molecule has 1 heterocycles. The van der Waals surface area contributed by atoms with Gasteiger partial charge in [0.15, 0.2) is 6.61 Å². The summed E-state index contributed by atoms with van der Waals surface area (Å²) in [6.07, 6.45) is 0. The van der Waals surface area contributed by atoms with Crippen molar-refractivity contribution in [1.82, 2.24) is 4.90 Å². The van der Waals surface area contributed by atoms with Gasteiger partial charge in [-0.2, -0.15) is 0 Å². The smallest absolute Gasteiger partial charge is 0.262 e. The molecule has 1 N–H and O–H groups in total. The Morgan fingerprint density at radius 3 is 2.88 bits per heavy atom. The van der Waals surface area contributed by atoms with Crippen molar-refractivity contribution in [3.8, 4) is 5.75 Å². The number of nitrogens with one attached hydrogen (secondary N) is 1. The number of hydrogen-bond acceptors (Lipinski definition) is 3. The van der Waals surface area contributed by atoms with Crippen LogP contribution in [-0.2, 0) is 11.3 Å². The first-order valence-corrected chi connectivity index (χ1v) is 8.05. The molecule has 2 aromatic carbocycles. The van der Waals surface area contributed by atoms with E-state index in [9.17, 15) is 9.59 Å². The first-order valence-electron chi connectivity index (χ1n) is 7.67. The van der Waals surface area contributed by atoms with E-state index in [0.717, 1.165) is 5.56 Å². The summed E-state index contributed by atoms with van der Waals surface area (Å²) in [7, 11) is 0. The Bertz CT molecular complexity index is 792. The second kappa shape index (κ2) is 6.93. The number of amides is 2. The normalized spacial score (nSPS) is 12.8. The maximum atomic E-state index is 12.8. The topological polar surface area (TPSA) is 58.6 Å². The Kier molecular flexibility index (Phi) is 4.71. The van der Waals surface area contributed by atoms with Crippen LogP contribution in [0.2, 0.25) is 5.02 Å². The van der Waals surface area contributed by atoms with E-state index in [-0.39, 0.29) is 18.4 Å². The van der Waals surface area contributed by atoms with Crippen molar-refractivity contribution in [2.75, 3.05) is 18.5 Å². The van der Waals surface area contributed by atoms with Crippen molar-refractivity contribution >= 4 is 29.1 Å². The number of rotatable bonds is 4. The van der Waals surface area contributed by atoms with E-state index in [1.54, 1.807) is 29.2 Å². The van der Waals surface area contributed by atoms with Gasteiger partial charge in [-0.25, -0.2) is 0 Å². The molecule has 1 aliphatic rings. The van der Waals surface area contributed by atoms with Gasteiger partial charge < -0.3 is 15.0 Å². The fraction of sp³-hybridized carbons (Fsp3) is 0.222. The van der Waals surface area contributed by atoms with E-state index >= 15 is 0 Å². The van der Waals surface area contributed by atoms with Crippen LogP contribution in [0.5, 0.6) is 5.75 Å². The molecule has 0 radical (unpaired) electrons. The maximum Gasteiger partial charge on any atom is 0.262 e. The number of carbonyl (C=O) groups excluding carboxylic acids is 2. The van der Waals surface area contributed by atoms with Crippen LogP contribution in [0.15, 0.2) is 42.5 Å². The molecule has 1 aliphatic heterocycles. The second-order valence-electron chi connectivity index (χ2n) is 5.50. The van der Waals surface area contributed by atoms with Gasteiger partial charge in [0.1, 0.15) is 5.75 Å². The molecule has 124 valence electrons. The molecule has 24 heavy (non-hydrogen) atoms. The predicted molar refractivity (Wildman–Crippen MR) is 92.4 cm³/mol. The maximum absolute atomic E-state index is 12.8. The molecule has 0 aromatic heterocycles. The molecule has 5 nitrogen and oxygen atoms in total. The lowest BCUT2D eigenvalue weighted by molar-refractivity contribution is -0.118. The number of ether oxygens (including phenoxy) is 1. The highest BCUT2D eigenvalue weighted by Crippen LogP contribution is 2.29. The number of anilines is 1. The van der Waals surface area contributed by atoms with E-state index in [0.29, 0.717) is 35.1 Å². The van der Waals surface area contributed by atoms with Crippen molar-refractivity contribution in [3.63, 3.8) is 0 Å². The van der Waals surface area contributed by atoms with Crippen LogP contribution in [0, 0.1) is 0 Å². The van der Waals surface area contributed by atoms with Gasteiger partial charge in [-0.1, -0.05) is 23.7 Å². The lowest BCUT2D eigenvalue weighted by Gasteiger charge is -2.23. The molecule has 2 aromatic rings. The number of benzene rings is 2. The zero-order valence-corrected chi connectivity index (χ0v) is 14.0. The third-order valence-electron chi connectivity index (χ3n) is 3.79. The molecule has 0 bridgehead atoms. The van der Waals surface area contributed by atoms with Crippen molar-refractivity contribution in [2.24, 2.45) is 0 Å². The zero-order valence-electron chi connectivity index (χ0n) is 13.2. The summed E-state index contributed by atoms with van der Waals surface area (Å²) in [5.74, 6) is 0.220. The minimum absolute atomic E-state index is 0.0371. The molecule has 2 amide bonds. The lowest BCUT2D eigenvalue weighted by Crippen LogP contribution is -2.31. The molecule has 0 saturated carbocycles. The standard InChI is InChI=1S/C18H17ClN2O3/c1-2-21(10-12-4-3-5-14(19)8-12)18(23)13-6-7-15-16(9-13)24-11-17(22)20-15/h3-9H,2,10-11H2,1H3,(H,20,22). The highest BCUT2D eigenvalue weighted by atomic mass is 35.5. The SMILES string of the molecule is CCN(Cc1cccc(Cl)c1)C(=O)c1ccc2c(c1)OCC(=O)N2. The summed E-state index contributed by atoms with van der Waals surface area (Å²) >= 11 is 6.00. The van der Waals surface area contributed by atoms with E-state index in [4.69, 9.17) is 16.3 Å². The largest absolute Gasteiger partial charge is 0.482 e. The quantitative estimate of drug-likeness (QED) is 0.925. The van der Waals surface area contributed by atoms with Gasteiger partial charge >= 0.3 is 0 Å². The van der Waals surface area contributed by atoms with Crippen LogP contribution in [0.4, 0.5) is 5.69 Å². The third-order valence-corrected chi connectivity index (χ3v) is 4.03. The van der Waals surface area contributed by atoms with Crippen molar-refractivity contribution in [1.29, 1.82) is 0 Å². The fourth-order valence-corrected chi connectivity index (χ4v) is 2.79. The molecular formula is C18H17ClN2O3. The summed E-state index contributed by atoms with van der Waals surface area (Å²) in [6.45, 7) is 2.94. The minimum Gasteiger partial charge on any atom is -0.482 e. The van der Waals surface area contributed by atoms with Gasteiger partial charge in [0.05, 0.1) is 5.69 Å². The third kappa shape index (κ3) is 3.51. The highest BCUT2D eigenvalue weighted by Gasteiger charge is 2.20. The average Bonchev–Trinajstić information content (AvgIpc) is 2.58. The van der Waals surface area contributed by atoms with Crippen LogP contribution in [-0.4, -0.2) is 29.9 Å². The van der Waals surface area contributed by atoms with Crippen molar-refractivity contribution < 1.29 is 14.3 Å². The highest BCUT2D eigenvalue weighted by molar-refractivity contribution is 6.30. The molecule has 0 saturated heterocycles. The summed E-state index contributed by atoms with van der Waals surface area (Å²) in [6, 6.07) is 12.5. The van der Waals surface area contributed by atoms with Crippen LogP contribution in [0.1, 0.15) is 22.8 Å². The van der Waals surface area contributed by atoms with Gasteiger partial charge in [0.25, 0.3) is 11.8 Å². The Balaban J connectivity index is 1.80. The Morgan fingerprint density at radius 1 is 1.29 bits per heavy atom. The predicted octanol–water partition coefficient (Wildman–Crippen LogP) is 3.33. The van der Waals surface area contributed by atoms with Gasteiger partial charge in [-0.15, -0.1) is 0 Å². The van der Waals surface area contributed by atoms with Gasteiger partial charge in [0, 0.05) is 23.7 Å². The minimum atomic E-state index is -0.197. The summed E-state index contributed by atoms with van der Waals surface area (Å²) in [5, 5.41) is 3.36. The molecule has 6 heteroatoms. The molecule has 0 aliphatic carbocycles. The van der Waals surface area contributed by atoms with Crippen LogP contribution in [0.25, 0.3) is 0 Å². The zero-order chi connectivity index (χ0) is 17.1. The van der Waals surface area contributed by atoms with Gasteiger partial charge in [-0.3, -0.25) is 9.59 Å². The number of halogens is 1. The molecular weight excluding hydrogens is 328 g/mol. The number of carbonyl (C=O) groups is 2. The summed E-state index contributed by atoms with van der Waals surface area (Å²) in [5.41, 5.74) is 2.08. The van der Waals surface area contributed by atoms with Gasteiger partial charge in [-0.05, 0) is 42.8 Å². The monoisotopic (exact) mass is 344 g/mol. The van der Waals surface area contributed by atoms with Crippen molar-refractivity contribution in [3.05, 3.63) is 58.6 Å².